The molecule has 0 aromatic heterocycles. The molecule has 0 unspecified atom stereocenters. The van der Waals surface area contributed by atoms with Crippen LogP contribution in [0, 0.1) is 10.1 Å². The second-order valence-corrected chi connectivity index (χ2v) is 4.36. The van der Waals surface area contributed by atoms with Crippen molar-refractivity contribution in [3.8, 4) is 0 Å². The van der Waals surface area contributed by atoms with E-state index in [9.17, 15) is 19.7 Å². The Labute approximate surface area is 107 Å². The van der Waals surface area contributed by atoms with E-state index in [0.29, 0.717) is 21.9 Å². The van der Waals surface area contributed by atoms with Gasteiger partial charge in [-0.1, -0.05) is 0 Å². The highest BCUT2D eigenvalue weighted by Crippen LogP contribution is 2.29. The quantitative estimate of drug-likeness (QED) is 0.444. The van der Waals surface area contributed by atoms with Gasteiger partial charge in [0.05, 0.1) is 16.1 Å². The number of non-ortho nitro benzene ring substituents is 1. The van der Waals surface area contributed by atoms with E-state index in [1.807, 2.05) is 0 Å². The molecule has 0 saturated carbocycles. The van der Waals surface area contributed by atoms with Crippen molar-refractivity contribution in [2.24, 2.45) is 0 Å². The molecule has 2 aromatic carbocycles. The first-order valence-electron chi connectivity index (χ1n) is 5.53. The van der Waals surface area contributed by atoms with E-state index in [1.165, 1.54) is 25.2 Å². The largest absolute Gasteiger partial charge is 0.277 e. The van der Waals surface area contributed by atoms with E-state index < -0.39 is 4.92 Å². The summed E-state index contributed by atoms with van der Waals surface area (Å²) in [5, 5.41) is 12.0. The molecule has 2 amide bonds. The van der Waals surface area contributed by atoms with Crippen LogP contribution in [0.3, 0.4) is 0 Å². The standard InChI is InChI=1S/C13H8N2O4/c1-14-12(16)10-5-7-2-3-9(15(18)19)4-8(7)6-11(10)13(14)17/h2-6H,1H3. The Hall–Kier alpha value is -2.76. The highest BCUT2D eigenvalue weighted by Gasteiger charge is 2.33. The van der Waals surface area contributed by atoms with Crippen molar-refractivity contribution in [1.82, 2.24) is 4.90 Å². The summed E-state index contributed by atoms with van der Waals surface area (Å²) in [6, 6.07) is 7.47. The maximum absolute atomic E-state index is 11.8. The summed E-state index contributed by atoms with van der Waals surface area (Å²) >= 11 is 0. The minimum Gasteiger partial charge on any atom is -0.277 e. The van der Waals surface area contributed by atoms with Crippen LogP contribution >= 0.6 is 0 Å². The molecule has 2 aromatic rings. The molecule has 6 heteroatoms. The molecule has 19 heavy (non-hydrogen) atoms. The van der Waals surface area contributed by atoms with Crippen LogP contribution in [0.5, 0.6) is 0 Å². The molecule has 1 aliphatic heterocycles. The Kier molecular flexibility index (Phi) is 2.16. The molecular formula is C13H8N2O4. The van der Waals surface area contributed by atoms with E-state index >= 15 is 0 Å². The molecule has 0 spiro atoms. The lowest BCUT2D eigenvalue weighted by Gasteiger charge is -2.02. The number of amides is 2. The fourth-order valence-corrected chi connectivity index (χ4v) is 2.21. The third kappa shape index (κ3) is 1.50. The number of benzene rings is 2. The number of imide groups is 1. The van der Waals surface area contributed by atoms with E-state index in [0.717, 1.165) is 4.90 Å². The first-order valence-corrected chi connectivity index (χ1v) is 5.53. The average molecular weight is 256 g/mol. The number of nitro benzene ring substituents is 1. The molecule has 0 atom stereocenters. The third-order valence-corrected chi connectivity index (χ3v) is 3.24. The fraction of sp³-hybridized carbons (Fsp3) is 0.0769. The van der Waals surface area contributed by atoms with E-state index in [2.05, 4.69) is 0 Å². The van der Waals surface area contributed by atoms with Crippen molar-refractivity contribution < 1.29 is 14.5 Å². The van der Waals surface area contributed by atoms with Gasteiger partial charge in [-0.25, -0.2) is 0 Å². The molecule has 0 radical (unpaired) electrons. The predicted octanol–water partition coefficient (Wildman–Crippen LogP) is 1.97. The van der Waals surface area contributed by atoms with Crippen LogP contribution in [0.2, 0.25) is 0 Å². The molecule has 1 heterocycles. The third-order valence-electron chi connectivity index (χ3n) is 3.24. The van der Waals surface area contributed by atoms with Gasteiger partial charge in [0, 0.05) is 19.2 Å². The molecule has 0 bridgehead atoms. The zero-order chi connectivity index (χ0) is 13.7. The number of hydrogen-bond donors (Lipinski definition) is 0. The molecular weight excluding hydrogens is 248 g/mol. The second-order valence-electron chi connectivity index (χ2n) is 4.36. The van der Waals surface area contributed by atoms with Crippen molar-refractivity contribution in [3.05, 3.63) is 51.6 Å². The maximum atomic E-state index is 11.8. The normalized spacial score (nSPS) is 14.1. The van der Waals surface area contributed by atoms with Gasteiger partial charge in [0.1, 0.15) is 0 Å². The molecule has 0 aliphatic carbocycles. The van der Waals surface area contributed by atoms with Crippen molar-refractivity contribution in [2.45, 2.75) is 0 Å². The van der Waals surface area contributed by atoms with Crippen LogP contribution in [-0.2, 0) is 0 Å². The topological polar surface area (TPSA) is 80.5 Å². The zero-order valence-electron chi connectivity index (χ0n) is 9.91. The van der Waals surface area contributed by atoms with Crippen molar-refractivity contribution >= 4 is 28.3 Å². The van der Waals surface area contributed by atoms with Crippen molar-refractivity contribution in [3.63, 3.8) is 0 Å². The van der Waals surface area contributed by atoms with Crippen molar-refractivity contribution in [2.75, 3.05) is 7.05 Å². The highest BCUT2D eigenvalue weighted by atomic mass is 16.6. The van der Waals surface area contributed by atoms with Gasteiger partial charge in [-0.2, -0.15) is 0 Å². The number of fused-ring (bicyclic) bond motifs is 2. The Morgan fingerprint density at radius 3 is 2.16 bits per heavy atom. The first kappa shape index (κ1) is 11.3. The summed E-state index contributed by atoms with van der Waals surface area (Å²) in [5.74, 6) is -0.728. The van der Waals surface area contributed by atoms with E-state index in [1.54, 1.807) is 12.1 Å². The average Bonchev–Trinajstić information content (AvgIpc) is 2.61. The van der Waals surface area contributed by atoms with Crippen LogP contribution in [-0.4, -0.2) is 28.7 Å². The Morgan fingerprint density at radius 1 is 1.00 bits per heavy atom. The summed E-state index contributed by atoms with van der Waals surface area (Å²) < 4.78 is 0. The van der Waals surface area contributed by atoms with Crippen LogP contribution in [0.15, 0.2) is 30.3 Å². The lowest BCUT2D eigenvalue weighted by atomic mass is 10.0. The molecule has 94 valence electrons. The van der Waals surface area contributed by atoms with E-state index in [-0.39, 0.29) is 17.5 Å². The molecule has 6 nitrogen and oxygen atoms in total. The predicted molar refractivity (Wildman–Crippen MR) is 67.0 cm³/mol. The maximum Gasteiger partial charge on any atom is 0.270 e. The number of nitrogens with zero attached hydrogens (tertiary/aromatic N) is 2. The van der Waals surface area contributed by atoms with Gasteiger partial charge in [0.15, 0.2) is 0 Å². The lowest BCUT2D eigenvalue weighted by molar-refractivity contribution is -0.384. The van der Waals surface area contributed by atoms with Gasteiger partial charge < -0.3 is 0 Å². The van der Waals surface area contributed by atoms with Crippen LogP contribution in [0.4, 0.5) is 5.69 Å². The van der Waals surface area contributed by atoms with Crippen molar-refractivity contribution in [1.29, 1.82) is 0 Å². The SMILES string of the molecule is CN1C(=O)c2cc3ccc([N+](=O)[O-])cc3cc2C1=O. The summed E-state index contributed by atoms with van der Waals surface area (Å²) in [4.78, 5) is 34.9. The van der Waals surface area contributed by atoms with Crippen LogP contribution < -0.4 is 0 Å². The minimum atomic E-state index is -0.494. The minimum absolute atomic E-state index is 0.0439. The van der Waals surface area contributed by atoms with Gasteiger partial charge in [-0.05, 0) is 29.0 Å². The summed E-state index contributed by atoms with van der Waals surface area (Å²) in [7, 11) is 1.41. The lowest BCUT2D eigenvalue weighted by Crippen LogP contribution is -2.24. The molecule has 0 saturated heterocycles. The molecule has 3 rings (SSSR count). The zero-order valence-corrected chi connectivity index (χ0v) is 9.91. The first-order chi connectivity index (χ1) is 8.99. The molecule has 0 fully saturated rings. The van der Waals surface area contributed by atoms with Gasteiger partial charge in [-0.15, -0.1) is 0 Å². The van der Waals surface area contributed by atoms with Gasteiger partial charge in [-0.3, -0.25) is 24.6 Å². The molecule has 1 aliphatic rings. The Balaban J connectivity index is 2.29. The van der Waals surface area contributed by atoms with Crippen LogP contribution in [0.25, 0.3) is 10.8 Å². The second kappa shape index (κ2) is 3.61. The Bertz CT molecular complexity index is 767. The number of hydrogen-bond acceptors (Lipinski definition) is 4. The highest BCUT2D eigenvalue weighted by molar-refractivity contribution is 6.22. The summed E-state index contributed by atoms with van der Waals surface area (Å²) in [6.45, 7) is 0. The number of nitro groups is 1. The van der Waals surface area contributed by atoms with Gasteiger partial charge in [0.25, 0.3) is 17.5 Å². The fourth-order valence-electron chi connectivity index (χ4n) is 2.21. The van der Waals surface area contributed by atoms with Crippen LogP contribution in [0.1, 0.15) is 20.7 Å². The van der Waals surface area contributed by atoms with Gasteiger partial charge in [0.2, 0.25) is 0 Å². The number of carbonyl (C=O) groups excluding carboxylic acids is 2. The molecule has 0 N–H and O–H groups in total. The van der Waals surface area contributed by atoms with E-state index in [4.69, 9.17) is 0 Å². The smallest absolute Gasteiger partial charge is 0.270 e. The Morgan fingerprint density at radius 2 is 1.58 bits per heavy atom. The van der Waals surface area contributed by atoms with Gasteiger partial charge >= 0.3 is 0 Å². The monoisotopic (exact) mass is 256 g/mol. The number of rotatable bonds is 1. The summed E-state index contributed by atoms with van der Waals surface area (Å²) in [5.41, 5.74) is 0.590. The summed E-state index contributed by atoms with van der Waals surface area (Å²) in [6.07, 6.45) is 0. The number of carbonyl (C=O) groups is 2.